The molecule has 3 aliphatic rings. The number of amides is 4. The molecule has 1 heterocycles. The molecule has 0 bridgehead atoms. The Bertz CT molecular complexity index is 936. The molecule has 1 aromatic rings. The highest BCUT2D eigenvalue weighted by molar-refractivity contribution is 5.86. The summed E-state index contributed by atoms with van der Waals surface area (Å²) in [5, 5.41) is 2.83. The van der Waals surface area contributed by atoms with Crippen LogP contribution < -0.4 is 5.32 Å². The van der Waals surface area contributed by atoms with Crippen molar-refractivity contribution in [2.45, 2.75) is 62.4 Å². The monoisotopic (exact) mass is 497 g/mol. The minimum absolute atomic E-state index is 0.00141. The van der Waals surface area contributed by atoms with Gasteiger partial charge in [-0.05, 0) is 64.1 Å². The maximum atomic E-state index is 13.6. The Morgan fingerprint density at radius 3 is 2.25 bits per heavy atom. The van der Waals surface area contributed by atoms with E-state index in [2.05, 4.69) is 59.5 Å². The Hall–Kier alpha value is -2.61. The van der Waals surface area contributed by atoms with Gasteiger partial charge in [-0.2, -0.15) is 0 Å². The first kappa shape index (κ1) is 26.5. The average Bonchev–Trinajstić information content (AvgIpc) is 3.07. The van der Waals surface area contributed by atoms with Gasteiger partial charge in [0.25, 0.3) is 0 Å². The molecular formula is C28H43N5O3. The van der Waals surface area contributed by atoms with Crippen LogP contribution in [0.25, 0.3) is 0 Å². The lowest BCUT2D eigenvalue weighted by atomic mass is 9.68. The van der Waals surface area contributed by atoms with Crippen molar-refractivity contribution in [1.82, 2.24) is 24.9 Å². The largest absolute Gasteiger partial charge is 0.354 e. The quantitative estimate of drug-likeness (QED) is 0.569. The van der Waals surface area contributed by atoms with Crippen LogP contribution in [-0.4, -0.2) is 97.4 Å². The molecular weight excluding hydrogens is 454 g/mol. The summed E-state index contributed by atoms with van der Waals surface area (Å²) in [6, 6.07) is 10.7. The lowest BCUT2D eigenvalue weighted by molar-refractivity contribution is -0.128. The minimum Gasteiger partial charge on any atom is -0.354 e. The van der Waals surface area contributed by atoms with Crippen LogP contribution in [0.5, 0.6) is 0 Å². The van der Waals surface area contributed by atoms with Crippen LogP contribution in [0.3, 0.4) is 0 Å². The molecule has 1 aromatic carbocycles. The topological polar surface area (TPSA) is 76.2 Å². The smallest absolute Gasteiger partial charge is 0.321 e. The third kappa shape index (κ3) is 5.24. The predicted octanol–water partition coefficient (Wildman–Crippen LogP) is 2.89. The van der Waals surface area contributed by atoms with Crippen molar-refractivity contribution >= 4 is 17.8 Å². The molecule has 36 heavy (non-hydrogen) atoms. The number of hydrogen-bond acceptors (Lipinski definition) is 4. The van der Waals surface area contributed by atoms with Gasteiger partial charge in [-0.15, -0.1) is 0 Å². The molecule has 1 N–H and O–H groups in total. The summed E-state index contributed by atoms with van der Waals surface area (Å²) in [6.45, 7) is 1.74. The van der Waals surface area contributed by atoms with Gasteiger partial charge in [-0.3, -0.25) is 14.5 Å². The molecule has 2 aliphatic carbocycles. The molecule has 4 amide bonds. The highest BCUT2D eigenvalue weighted by atomic mass is 16.2. The molecule has 1 saturated heterocycles. The lowest BCUT2D eigenvalue weighted by Gasteiger charge is -2.51. The van der Waals surface area contributed by atoms with Gasteiger partial charge in [0.05, 0.1) is 5.54 Å². The first-order chi connectivity index (χ1) is 17.2. The van der Waals surface area contributed by atoms with E-state index in [1.807, 2.05) is 0 Å². The molecule has 1 spiro atoms. The summed E-state index contributed by atoms with van der Waals surface area (Å²) in [5.74, 6) is 0.354. The molecule has 3 fully saturated rings. The molecule has 0 aromatic heterocycles. The van der Waals surface area contributed by atoms with E-state index in [0.717, 1.165) is 32.2 Å². The first-order valence-electron chi connectivity index (χ1n) is 13.4. The van der Waals surface area contributed by atoms with E-state index < -0.39 is 0 Å². The summed E-state index contributed by atoms with van der Waals surface area (Å²) >= 11 is 0. The fraction of sp³-hybridized carbons (Fsp3) is 0.679. The zero-order chi connectivity index (χ0) is 25.9. The Morgan fingerprint density at radius 1 is 1.03 bits per heavy atom. The summed E-state index contributed by atoms with van der Waals surface area (Å²) in [7, 11) is 7.73. The third-order valence-corrected chi connectivity index (χ3v) is 8.89. The number of carbonyl (C=O) groups excluding carboxylic acids is 3. The van der Waals surface area contributed by atoms with Crippen molar-refractivity contribution in [1.29, 1.82) is 0 Å². The van der Waals surface area contributed by atoms with Gasteiger partial charge in [0.2, 0.25) is 11.8 Å². The zero-order valence-corrected chi connectivity index (χ0v) is 22.5. The van der Waals surface area contributed by atoms with E-state index in [1.165, 1.54) is 29.7 Å². The van der Waals surface area contributed by atoms with Crippen molar-refractivity contribution < 1.29 is 14.4 Å². The molecule has 198 valence electrons. The molecule has 1 aliphatic heterocycles. The first-order valence-corrected chi connectivity index (χ1v) is 13.4. The molecule has 0 atom stereocenters. The molecule has 0 radical (unpaired) electrons. The van der Waals surface area contributed by atoms with E-state index in [1.54, 1.807) is 19.0 Å². The number of nitrogens with one attached hydrogen (secondary N) is 1. The van der Waals surface area contributed by atoms with Crippen LogP contribution >= 0.6 is 0 Å². The predicted molar refractivity (Wildman–Crippen MR) is 140 cm³/mol. The summed E-state index contributed by atoms with van der Waals surface area (Å²) in [4.78, 5) is 45.9. The van der Waals surface area contributed by atoms with E-state index in [9.17, 15) is 14.4 Å². The van der Waals surface area contributed by atoms with Crippen LogP contribution in [0.15, 0.2) is 30.3 Å². The van der Waals surface area contributed by atoms with E-state index in [0.29, 0.717) is 12.5 Å². The second-order valence-corrected chi connectivity index (χ2v) is 11.5. The standard InChI is InChI=1S/C28H43N5O3/c1-30(2)25(35)13-18-29-24(34)20-32-21-27(33(26(32)36)19-22-9-8-10-22)14-16-28(17-15-27,31(3)4)23-11-6-5-7-12-23/h5-7,11-12,22H,8-10,13-21H2,1-4H3,(H,29,34). The normalized spacial score (nSPS) is 26.4. The molecule has 4 rings (SSSR count). The highest BCUT2D eigenvalue weighted by Crippen LogP contribution is 2.49. The number of nitrogens with zero attached hydrogens (tertiary/aromatic N) is 4. The highest BCUT2D eigenvalue weighted by Gasteiger charge is 2.55. The van der Waals surface area contributed by atoms with Crippen LogP contribution in [0.2, 0.25) is 0 Å². The third-order valence-electron chi connectivity index (χ3n) is 8.89. The Balaban J connectivity index is 1.46. The minimum atomic E-state index is -0.220. The Labute approximate surface area is 216 Å². The summed E-state index contributed by atoms with van der Waals surface area (Å²) in [6.07, 6.45) is 7.68. The Morgan fingerprint density at radius 2 is 1.69 bits per heavy atom. The second-order valence-electron chi connectivity index (χ2n) is 11.5. The lowest BCUT2D eigenvalue weighted by Crippen LogP contribution is -2.56. The fourth-order valence-corrected chi connectivity index (χ4v) is 6.27. The van der Waals surface area contributed by atoms with Crippen LogP contribution in [-0.2, 0) is 15.1 Å². The van der Waals surface area contributed by atoms with E-state index >= 15 is 0 Å². The van der Waals surface area contributed by atoms with Crippen molar-refractivity contribution in [2.24, 2.45) is 5.92 Å². The molecule has 8 nitrogen and oxygen atoms in total. The van der Waals surface area contributed by atoms with Gasteiger partial charge >= 0.3 is 6.03 Å². The summed E-state index contributed by atoms with van der Waals surface area (Å²) in [5.41, 5.74) is 1.08. The number of carbonyl (C=O) groups is 3. The van der Waals surface area contributed by atoms with Crippen molar-refractivity contribution in [3.8, 4) is 0 Å². The molecule has 2 saturated carbocycles. The second kappa shape index (κ2) is 10.8. The van der Waals surface area contributed by atoms with Gasteiger partial charge in [0, 0.05) is 45.7 Å². The van der Waals surface area contributed by atoms with Gasteiger partial charge < -0.3 is 20.0 Å². The van der Waals surface area contributed by atoms with Crippen LogP contribution in [0, 0.1) is 5.92 Å². The average molecular weight is 498 g/mol. The number of hydrogen-bond donors (Lipinski definition) is 1. The van der Waals surface area contributed by atoms with Gasteiger partial charge in [0.15, 0.2) is 0 Å². The molecule has 0 unspecified atom stereocenters. The maximum absolute atomic E-state index is 13.6. The number of urea groups is 1. The van der Waals surface area contributed by atoms with Crippen molar-refractivity contribution in [3.63, 3.8) is 0 Å². The van der Waals surface area contributed by atoms with Crippen molar-refractivity contribution in [3.05, 3.63) is 35.9 Å². The number of rotatable bonds is 9. The Kier molecular flexibility index (Phi) is 7.93. The van der Waals surface area contributed by atoms with Crippen LogP contribution in [0.1, 0.15) is 56.9 Å². The van der Waals surface area contributed by atoms with Gasteiger partial charge in [-0.25, -0.2) is 4.79 Å². The van der Waals surface area contributed by atoms with Gasteiger partial charge in [-0.1, -0.05) is 36.8 Å². The van der Waals surface area contributed by atoms with Gasteiger partial charge in [0.1, 0.15) is 6.54 Å². The SMILES string of the molecule is CN(C)C(=O)CCNC(=O)CN1CC2(CCC(c3ccccc3)(N(C)C)CC2)N(CC2CCC2)C1=O. The molecule has 8 heteroatoms. The summed E-state index contributed by atoms with van der Waals surface area (Å²) < 4.78 is 0. The van der Waals surface area contributed by atoms with E-state index in [-0.39, 0.29) is 48.4 Å². The fourth-order valence-electron chi connectivity index (χ4n) is 6.27. The number of benzene rings is 1. The van der Waals surface area contributed by atoms with E-state index in [4.69, 9.17) is 0 Å². The van der Waals surface area contributed by atoms with Crippen molar-refractivity contribution in [2.75, 3.05) is 54.4 Å². The van der Waals surface area contributed by atoms with Crippen LogP contribution in [0.4, 0.5) is 4.79 Å². The zero-order valence-electron chi connectivity index (χ0n) is 22.5. The maximum Gasteiger partial charge on any atom is 0.321 e.